The van der Waals surface area contributed by atoms with E-state index in [-0.39, 0.29) is 16.6 Å². The van der Waals surface area contributed by atoms with E-state index in [1.807, 2.05) is 31.2 Å². The second kappa shape index (κ2) is 6.11. The molecular formula is C12H16N4OS. The molecule has 0 bridgehead atoms. The molecule has 3 N–H and O–H groups in total. The third-order valence-electron chi connectivity index (χ3n) is 2.19. The maximum absolute atomic E-state index is 11.7. The van der Waals surface area contributed by atoms with Crippen LogP contribution in [0.2, 0.25) is 0 Å². The number of thiocarbonyl (C=S) groups is 1. The van der Waals surface area contributed by atoms with Crippen molar-refractivity contribution in [3.8, 4) is 0 Å². The third-order valence-corrected chi connectivity index (χ3v) is 2.38. The Hall–Kier alpha value is -1.95. The molecule has 0 saturated carbocycles. The number of carbonyl (C=O) groups is 1. The van der Waals surface area contributed by atoms with Crippen molar-refractivity contribution >= 4 is 34.5 Å². The molecular weight excluding hydrogens is 248 g/mol. The minimum absolute atomic E-state index is 0.0340. The summed E-state index contributed by atoms with van der Waals surface area (Å²) in [6.45, 7) is 1.99. The summed E-state index contributed by atoms with van der Waals surface area (Å²) < 4.78 is 0. The highest BCUT2D eigenvalue weighted by Gasteiger charge is 2.16. The average Bonchev–Trinajstić information content (AvgIpc) is 2.31. The Morgan fingerprint density at radius 1 is 1.33 bits per heavy atom. The molecule has 0 heterocycles. The smallest absolute Gasteiger partial charge is 0.276 e. The minimum Gasteiger partial charge on any atom is -0.388 e. The maximum Gasteiger partial charge on any atom is 0.276 e. The number of benzene rings is 1. The first-order valence-electron chi connectivity index (χ1n) is 5.33. The Morgan fingerprint density at radius 2 is 1.89 bits per heavy atom. The van der Waals surface area contributed by atoms with Gasteiger partial charge in [-0.25, -0.2) is 0 Å². The summed E-state index contributed by atoms with van der Waals surface area (Å²) in [6, 6.07) is 7.59. The Bertz CT molecular complexity index is 479. The molecule has 6 heteroatoms. The van der Waals surface area contributed by atoms with Gasteiger partial charge >= 0.3 is 0 Å². The van der Waals surface area contributed by atoms with Crippen LogP contribution in [0.15, 0.2) is 29.4 Å². The van der Waals surface area contributed by atoms with Gasteiger partial charge in [0.15, 0.2) is 5.71 Å². The van der Waals surface area contributed by atoms with E-state index in [9.17, 15) is 4.79 Å². The Balaban J connectivity index is 2.87. The summed E-state index contributed by atoms with van der Waals surface area (Å²) in [4.78, 5) is 13.1. The SMILES string of the molecule is Cc1ccc(N/N=C(\C(=O)N(C)C)C(N)=S)cc1. The van der Waals surface area contributed by atoms with Gasteiger partial charge in [-0.05, 0) is 19.1 Å². The van der Waals surface area contributed by atoms with Crippen molar-refractivity contribution in [2.45, 2.75) is 6.92 Å². The topological polar surface area (TPSA) is 70.7 Å². The average molecular weight is 264 g/mol. The molecule has 0 aromatic heterocycles. The van der Waals surface area contributed by atoms with Crippen molar-refractivity contribution in [3.05, 3.63) is 29.8 Å². The van der Waals surface area contributed by atoms with Crippen LogP contribution in [0.3, 0.4) is 0 Å². The van der Waals surface area contributed by atoms with Gasteiger partial charge in [-0.1, -0.05) is 29.9 Å². The Morgan fingerprint density at radius 3 is 2.33 bits per heavy atom. The van der Waals surface area contributed by atoms with Crippen molar-refractivity contribution < 1.29 is 4.79 Å². The van der Waals surface area contributed by atoms with Gasteiger partial charge < -0.3 is 10.6 Å². The number of hydrogen-bond acceptors (Lipinski definition) is 4. The molecule has 0 aliphatic rings. The number of nitrogens with zero attached hydrogens (tertiary/aromatic N) is 2. The van der Waals surface area contributed by atoms with Crippen LogP contribution in [0.25, 0.3) is 0 Å². The third kappa shape index (κ3) is 3.81. The van der Waals surface area contributed by atoms with Crippen molar-refractivity contribution in [2.75, 3.05) is 19.5 Å². The fourth-order valence-corrected chi connectivity index (χ4v) is 1.30. The number of anilines is 1. The number of nitrogens with one attached hydrogen (secondary N) is 1. The zero-order valence-corrected chi connectivity index (χ0v) is 11.4. The van der Waals surface area contributed by atoms with Crippen LogP contribution in [0.5, 0.6) is 0 Å². The molecule has 0 aliphatic carbocycles. The number of aryl methyl sites for hydroxylation is 1. The number of rotatable bonds is 4. The molecule has 0 aliphatic heterocycles. The molecule has 96 valence electrons. The second-order valence-corrected chi connectivity index (χ2v) is 4.44. The zero-order valence-electron chi connectivity index (χ0n) is 10.6. The lowest BCUT2D eigenvalue weighted by Crippen LogP contribution is -2.38. The van der Waals surface area contributed by atoms with Crippen LogP contribution in [-0.4, -0.2) is 35.6 Å². The summed E-state index contributed by atoms with van der Waals surface area (Å²) in [5, 5.41) is 3.95. The lowest BCUT2D eigenvalue weighted by molar-refractivity contribution is -0.121. The highest BCUT2D eigenvalue weighted by Crippen LogP contribution is 2.08. The minimum atomic E-state index is -0.331. The first kappa shape index (κ1) is 14.1. The lowest BCUT2D eigenvalue weighted by atomic mass is 10.2. The summed E-state index contributed by atoms with van der Waals surface area (Å²) >= 11 is 4.81. The maximum atomic E-state index is 11.7. The molecule has 0 fully saturated rings. The van der Waals surface area contributed by atoms with E-state index in [0.29, 0.717) is 0 Å². The van der Waals surface area contributed by atoms with Crippen molar-refractivity contribution in [1.29, 1.82) is 0 Å². The number of hydrogen-bond donors (Lipinski definition) is 2. The van der Waals surface area contributed by atoms with Gasteiger partial charge in [0, 0.05) is 14.1 Å². The first-order valence-corrected chi connectivity index (χ1v) is 5.74. The molecule has 5 nitrogen and oxygen atoms in total. The summed E-state index contributed by atoms with van der Waals surface area (Å²) in [5.74, 6) is -0.331. The van der Waals surface area contributed by atoms with Crippen molar-refractivity contribution in [3.63, 3.8) is 0 Å². The van der Waals surface area contributed by atoms with Gasteiger partial charge in [-0.15, -0.1) is 0 Å². The van der Waals surface area contributed by atoms with E-state index in [2.05, 4.69) is 10.5 Å². The van der Waals surface area contributed by atoms with Crippen LogP contribution in [-0.2, 0) is 4.79 Å². The zero-order chi connectivity index (χ0) is 13.7. The largest absolute Gasteiger partial charge is 0.388 e. The van der Waals surface area contributed by atoms with Gasteiger partial charge in [0.2, 0.25) is 0 Å². The van der Waals surface area contributed by atoms with Crippen LogP contribution in [0.1, 0.15) is 5.56 Å². The van der Waals surface area contributed by atoms with Gasteiger partial charge in [-0.3, -0.25) is 10.2 Å². The van der Waals surface area contributed by atoms with Crippen LogP contribution in [0, 0.1) is 6.92 Å². The molecule has 1 rings (SSSR count). The van der Waals surface area contributed by atoms with Gasteiger partial charge in [-0.2, -0.15) is 5.10 Å². The number of hydrazone groups is 1. The van der Waals surface area contributed by atoms with Crippen molar-refractivity contribution in [1.82, 2.24) is 4.90 Å². The van der Waals surface area contributed by atoms with E-state index < -0.39 is 0 Å². The highest BCUT2D eigenvalue weighted by molar-refractivity contribution is 7.82. The summed E-state index contributed by atoms with van der Waals surface area (Å²) in [7, 11) is 3.23. The number of carbonyl (C=O) groups excluding carboxylic acids is 1. The van der Waals surface area contributed by atoms with E-state index in [0.717, 1.165) is 11.3 Å². The predicted octanol–water partition coefficient (Wildman–Crippen LogP) is 1.14. The molecule has 0 spiro atoms. The summed E-state index contributed by atoms with van der Waals surface area (Å²) in [5.41, 5.74) is 10.2. The molecule has 0 unspecified atom stereocenters. The fraction of sp³-hybridized carbons (Fsp3) is 0.250. The van der Waals surface area contributed by atoms with Gasteiger partial charge in [0.05, 0.1) is 5.69 Å². The standard InChI is InChI=1S/C12H16N4OS/c1-8-4-6-9(7-5-8)14-15-10(11(13)18)12(17)16(2)3/h4-7,14H,1-3H3,(H2,13,18)/b15-10-. The monoisotopic (exact) mass is 264 g/mol. The number of nitrogens with two attached hydrogens (primary N) is 1. The van der Waals surface area contributed by atoms with Gasteiger partial charge in [0.1, 0.15) is 4.99 Å². The van der Waals surface area contributed by atoms with Crippen LogP contribution >= 0.6 is 12.2 Å². The highest BCUT2D eigenvalue weighted by atomic mass is 32.1. The molecule has 1 amide bonds. The first-order chi connectivity index (χ1) is 8.41. The summed E-state index contributed by atoms with van der Waals surface area (Å²) in [6.07, 6.45) is 0. The lowest BCUT2D eigenvalue weighted by Gasteiger charge is -2.11. The molecule has 1 aromatic carbocycles. The molecule has 0 radical (unpaired) electrons. The van der Waals surface area contributed by atoms with Crippen LogP contribution < -0.4 is 11.2 Å². The Labute approximate surface area is 112 Å². The van der Waals surface area contributed by atoms with Crippen molar-refractivity contribution in [2.24, 2.45) is 10.8 Å². The van der Waals surface area contributed by atoms with E-state index in [1.54, 1.807) is 14.1 Å². The van der Waals surface area contributed by atoms with E-state index in [1.165, 1.54) is 4.90 Å². The van der Waals surface area contributed by atoms with Crippen LogP contribution in [0.4, 0.5) is 5.69 Å². The molecule has 0 atom stereocenters. The van der Waals surface area contributed by atoms with E-state index in [4.69, 9.17) is 18.0 Å². The predicted molar refractivity (Wildman–Crippen MR) is 77.7 cm³/mol. The number of amides is 1. The molecule has 1 aromatic rings. The molecule has 0 saturated heterocycles. The molecule has 18 heavy (non-hydrogen) atoms. The van der Waals surface area contributed by atoms with E-state index >= 15 is 0 Å². The normalized spacial score (nSPS) is 10.9. The van der Waals surface area contributed by atoms with Gasteiger partial charge in [0.25, 0.3) is 5.91 Å². The second-order valence-electron chi connectivity index (χ2n) is 4.00. The quantitative estimate of drug-likeness (QED) is 0.486. The fourth-order valence-electron chi connectivity index (χ4n) is 1.17. The Kier molecular flexibility index (Phi) is 4.79.